The molecule has 3 heterocycles. The maximum Gasteiger partial charge on any atom is 0.231 e. The number of hydrogen-bond donors (Lipinski definition) is 2. The Labute approximate surface area is 204 Å². The fourth-order valence-electron chi connectivity index (χ4n) is 5.27. The molecule has 4 atom stereocenters. The third-order valence-corrected chi connectivity index (χ3v) is 7.74. The van der Waals surface area contributed by atoms with Crippen LogP contribution in [0.15, 0.2) is 30.5 Å². The lowest BCUT2D eigenvalue weighted by atomic mass is 9.96. The molecule has 34 heavy (non-hydrogen) atoms. The Balaban J connectivity index is 1.18. The highest BCUT2D eigenvalue weighted by Gasteiger charge is 2.52. The average Bonchev–Trinajstić information content (AvgIpc) is 3.73. The van der Waals surface area contributed by atoms with Crippen molar-refractivity contribution in [2.45, 2.75) is 62.6 Å². The van der Waals surface area contributed by atoms with Gasteiger partial charge in [0.2, 0.25) is 17.8 Å². The van der Waals surface area contributed by atoms with E-state index in [1.807, 2.05) is 37.4 Å². The molecule has 2 saturated carbocycles. The van der Waals surface area contributed by atoms with Gasteiger partial charge in [0.15, 0.2) is 0 Å². The molecule has 0 radical (unpaired) electrons. The van der Waals surface area contributed by atoms with Gasteiger partial charge in [-0.25, -0.2) is 4.98 Å². The highest BCUT2D eigenvalue weighted by atomic mass is 35.5. The van der Waals surface area contributed by atoms with E-state index in [0.717, 1.165) is 17.5 Å². The lowest BCUT2D eigenvalue weighted by Gasteiger charge is -2.36. The number of anilines is 2. The van der Waals surface area contributed by atoms with Crippen LogP contribution < -0.4 is 15.5 Å². The molecule has 8 nitrogen and oxygen atoms in total. The monoisotopic (exact) mass is 480 g/mol. The van der Waals surface area contributed by atoms with Crippen LogP contribution in [0, 0.1) is 0 Å². The smallest absolute Gasteiger partial charge is 0.231 e. The van der Waals surface area contributed by atoms with Crippen LogP contribution in [0.1, 0.15) is 55.6 Å². The van der Waals surface area contributed by atoms with Crippen molar-refractivity contribution >= 4 is 35.2 Å². The molecule has 1 aromatic carbocycles. The molecule has 178 valence electrons. The number of halogens is 1. The Morgan fingerprint density at radius 1 is 1.24 bits per heavy atom. The second kappa shape index (κ2) is 8.50. The minimum atomic E-state index is -0.220. The number of nitrogens with one attached hydrogen (secondary N) is 2. The topological polar surface area (TPSA) is 90.5 Å². The van der Waals surface area contributed by atoms with Crippen molar-refractivity contribution in [3.8, 4) is 0 Å². The number of carbonyl (C=O) groups is 2. The molecular formula is C25H29ClN6O2. The Bertz CT molecular complexity index is 1120. The van der Waals surface area contributed by atoms with E-state index in [1.165, 1.54) is 12.8 Å². The third-order valence-electron chi connectivity index (χ3n) is 7.49. The summed E-state index contributed by atoms with van der Waals surface area (Å²) in [5.74, 6) is 1.33. The number of piperazine rings is 1. The summed E-state index contributed by atoms with van der Waals surface area (Å²) in [5.41, 5.74) is 1.99. The van der Waals surface area contributed by atoms with Crippen molar-refractivity contribution in [1.82, 2.24) is 20.2 Å². The first-order valence-corrected chi connectivity index (χ1v) is 12.6. The summed E-state index contributed by atoms with van der Waals surface area (Å²) in [6.07, 6.45) is 5.59. The first-order chi connectivity index (χ1) is 16.5. The van der Waals surface area contributed by atoms with Gasteiger partial charge in [0.05, 0.1) is 18.0 Å². The van der Waals surface area contributed by atoms with Crippen molar-refractivity contribution in [3.63, 3.8) is 0 Å². The van der Waals surface area contributed by atoms with Crippen molar-refractivity contribution in [2.24, 2.45) is 0 Å². The minimum Gasteiger partial charge on any atom is -0.335 e. The molecule has 9 heteroatoms. The van der Waals surface area contributed by atoms with Crippen LogP contribution in [0.5, 0.6) is 0 Å². The highest BCUT2D eigenvalue weighted by molar-refractivity contribution is 6.30. The van der Waals surface area contributed by atoms with Crippen LogP contribution in [-0.2, 0) is 9.59 Å². The predicted molar refractivity (Wildman–Crippen MR) is 130 cm³/mol. The zero-order valence-corrected chi connectivity index (χ0v) is 20.0. The summed E-state index contributed by atoms with van der Waals surface area (Å²) < 4.78 is 0. The molecule has 3 fully saturated rings. The van der Waals surface area contributed by atoms with Crippen molar-refractivity contribution in [3.05, 3.63) is 46.6 Å². The zero-order valence-electron chi connectivity index (χ0n) is 19.2. The van der Waals surface area contributed by atoms with E-state index >= 15 is 0 Å². The molecule has 2 aromatic rings. The van der Waals surface area contributed by atoms with E-state index in [1.54, 1.807) is 0 Å². The predicted octanol–water partition coefficient (Wildman–Crippen LogP) is 2.90. The molecule has 6 rings (SSSR count). The van der Waals surface area contributed by atoms with E-state index in [-0.39, 0.29) is 35.7 Å². The number of amides is 2. The summed E-state index contributed by atoms with van der Waals surface area (Å²) in [6.45, 7) is 3.99. The van der Waals surface area contributed by atoms with Crippen molar-refractivity contribution in [2.75, 3.05) is 29.9 Å². The maximum atomic E-state index is 13.7. The quantitative estimate of drug-likeness (QED) is 0.660. The number of hydrogen-bond acceptors (Lipinski definition) is 6. The van der Waals surface area contributed by atoms with Crippen LogP contribution in [0.25, 0.3) is 0 Å². The molecule has 0 unspecified atom stereocenters. The molecule has 1 aromatic heterocycles. The van der Waals surface area contributed by atoms with E-state index in [0.29, 0.717) is 48.9 Å². The van der Waals surface area contributed by atoms with Gasteiger partial charge < -0.3 is 20.4 Å². The summed E-state index contributed by atoms with van der Waals surface area (Å²) in [6, 6.07) is 8.59. The molecule has 0 spiro atoms. The van der Waals surface area contributed by atoms with Crippen LogP contribution in [-0.4, -0.2) is 64.4 Å². The molecule has 2 N–H and O–H groups in total. The van der Waals surface area contributed by atoms with Crippen molar-refractivity contribution in [1.29, 1.82) is 0 Å². The zero-order chi connectivity index (χ0) is 23.4. The van der Waals surface area contributed by atoms with Gasteiger partial charge in [0.25, 0.3) is 0 Å². The molecule has 2 aliphatic heterocycles. The Kier molecular flexibility index (Phi) is 5.45. The Hall–Kier alpha value is -2.71. The van der Waals surface area contributed by atoms with Gasteiger partial charge in [-0.15, -0.1) is 0 Å². The standard InChI is InChI=1S/C25H29ClN6O2/c1-14-10-22(33)29-23-18(14)12-28-25(30-23)32-9-8-31(20-11-21(20)32)24(34)19(13-27-17-6-7-17)15-2-4-16(26)5-3-15/h2-5,12,14,17,19-21,27H,6-11,13H2,1H3,(H,28,29,30,33)/t14-,19-,20-,21+/m1/s1. The summed E-state index contributed by atoms with van der Waals surface area (Å²) in [5, 5.41) is 7.11. The fraction of sp³-hybridized carbons (Fsp3) is 0.520. The number of fused-ring (bicyclic) bond motifs is 2. The van der Waals surface area contributed by atoms with E-state index in [4.69, 9.17) is 11.6 Å². The second-order valence-electron chi connectivity index (χ2n) is 10.0. The summed E-state index contributed by atoms with van der Waals surface area (Å²) >= 11 is 6.10. The third kappa shape index (κ3) is 4.14. The lowest BCUT2D eigenvalue weighted by molar-refractivity contribution is -0.133. The number of rotatable bonds is 6. The summed E-state index contributed by atoms with van der Waals surface area (Å²) in [4.78, 5) is 39.2. The normalized spacial score (nSPS) is 26.4. The lowest BCUT2D eigenvalue weighted by Crippen LogP contribution is -2.51. The first-order valence-electron chi connectivity index (χ1n) is 12.2. The summed E-state index contributed by atoms with van der Waals surface area (Å²) in [7, 11) is 0. The average molecular weight is 481 g/mol. The van der Waals surface area contributed by atoms with Gasteiger partial charge in [0, 0.05) is 48.9 Å². The number of aromatic nitrogens is 2. The van der Waals surface area contributed by atoms with Gasteiger partial charge >= 0.3 is 0 Å². The van der Waals surface area contributed by atoms with Gasteiger partial charge in [-0.05, 0) is 42.9 Å². The van der Waals surface area contributed by atoms with E-state index < -0.39 is 0 Å². The SMILES string of the molecule is C[C@@H]1CC(=O)Nc2nc(N3CCN(C(=O)[C@H](CNC4CC4)c4ccc(Cl)cc4)[C@@H]4C[C@@H]43)ncc21. The Morgan fingerprint density at radius 3 is 2.79 bits per heavy atom. The minimum absolute atomic E-state index is 0.00240. The Morgan fingerprint density at radius 2 is 2.03 bits per heavy atom. The fourth-order valence-corrected chi connectivity index (χ4v) is 5.40. The van der Waals surface area contributed by atoms with Crippen LogP contribution in [0.4, 0.5) is 11.8 Å². The van der Waals surface area contributed by atoms with E-state index in [9.17, 15) is 9.59 Å². The van der Waals surface area contributed by atoms with Crippen molar-refractivity contribution < 1.29 is 9.59 Å². The number of nitrogens with zero attached hydrogens (tertiary/aromatic N) is 4. The van der Waals surface area contributed by atoms with Crippen LogP contribution >= 0.6 is 11.6 Å². The molecule has 1 saturated heterocycles. The molecular weight excluding hydrogens is 452 g/mol. The molecule has 2 amide bonds. The molecule has 2 aliphatic carbocycles. The van der Waals surface area contributed by atoms with Crippen LogP contribution in [0.3, 0.4) is 0 Å². The largest absolute Gasteiger partial charge is 0.335 e. The highest BCUT2D eigenvalue weighted by Crippen LogP contribution is 2.41. The van der Waals surface area contributed by atoms with Crippen LogP contribution in [0.2, 0.25) is 5.02 Å². The van der Waals surface area contributed by atoms with Gasteiger partial charge in [0.1, 0.15) is 5.82 Å². The van der Waals surface area contributed by atoms with Gasteiger partial charge in [-0.3, -0.25) is 9.59 Å². The maximum absolute atomic E-state index is 13.7. The van der Waals surface area contributed by atoms with E-state index in [2.05, 4.69) is 30.4 Å². The van der Waals surface area contributed by atoms with Gasteiger partial charge in [-0.2, -0.15) is 4.98 Å². The first kappa shape index (κ1) is 21.8. The van der Waals surface area contributed by atoms with Gasteiger partial charge in [-0.1, -0.05) is 30.7 Å². The molecule has 4 aliphatic rings. The number of carbonyl (C=O) groups excluding carboxylic acids is 2. The second-order valence-corrected chi connectivity index (χ2v) is 10.4. The molecule has 0 bridgehead atoms. The number of benzene rings is 1.